The maximum atomic E-state index is 14.0. The molecule has 2 aromatic carbocycles. The van der Waals surface area contributed by atoms with Gasteiger partial charge in [-0.1, -0.05) is 30.3 Å². The molecule has 0 aliphatic carbocycles. The number of hydrogen-bond acceptors (Lipinski definition) is 3. The summed E-state index contributed by atoms with van der Waals surface area (Å²) < 4.78 is 33.7. The van der Waals surface area contributed by atoms with E-state index in [1.807, 2.05) is 35.2 Å². The molecule has 0 N–H and O–H groups in total. The number of amides is 2. The van der Waals surface area contributed by atoms with Gasteiger partial charge in [0.25, 0.3) is 11.8 Å². The van der Waals surface area contributed by atoms with E-state index < -0.39 is 23.1 Å². The van der Waals surface area contributed by atoms with Gasteiger partial charge in [0.1, 0.15) is 17.9 Å². The van der Waals surface area contributed by atoms with Gasteiger partial charge in [0.05, 0.1) is 11.6 Å². The first-order valence-electron chi connectivity index (χ1n) is 10.3. The summed E-state index contributed by atoms with van der Waals surface area (Å²) in [6.45, 7) is 0.522. The molecule has 30 heavy (non-hydrogen) atoms. The van der Waals surface area contributed by atoms with Crippen molar-refractivity contribution >= 4 is 11.8 Å². The lowest BCUT2D eigenvalue weighted by atomic mass is 9.89. The second-order valence-electron chi connectivity index (χ2n) is 8.20. The van der Waals surface area contributed by atoms with Gasteiger partial charge >= 0.3 is 0 Å². The Kier molecular flexibility index (Phi) is 4.58. The molecule has 3 fully saturated rings. The van der Waals surface area contributed by atoms with E-state index in [0.717, 1.165) is 36.6 Å². The van der Waals surface area contributed by atoms with Crippen LogP contribution in [0.1, 0.15) is 47.6 Å². The number of nitrogens with zero attached hydrogens (tertiary/aromatic N) is 2. The fraction of sp³-hybridized carbons (Fsp3) is 0.391. The van der Waals surface area contributed by atoms with Crippen LogP contribution < -0.4 is 0 Å². The van der Waals surface area contributed by atoms with Crippen LogP contribution in [0.15, 0.2) is 48.5 Å². The number of ether oxygens (including phenoxy) is 1. The minimum atomic E-state index is -0.935. The van der Waals surface area contributed by atoms with Gasteiger partial charge in [-0.05, 0) is 36.6 Å². The molecule has 2 amide bonds. The van der Waals surface area contributed by atoms with Gasteiger partial charge in [0, 0.05) is 25.9 Å². The zero-order valence-electron chi connectivity index (χ0n) is 16.4. The topological polar surface area (TPSA) is 49.9 Å². The van der Waals surface area contributed by atoms with Crippen LogP contribution in [0.2, 0.25) is 0 Å². The molecule has 3 saturated heterocycles. The van der Waals surface area contributed by atoms with E-state index >= 15 is 0 Å². The van der Waals surface area contributed by atoms with E-state index in [4.69, 9.17) is 4.74 Å². The summed E-state index contributed by atoms with van der Waals surface area (Å²) in [6.07, 6.45) is 2.10. The van der Waals surface area contributed by atoms with Gasteiger partial charge in [-0.25, -0.2) is 8.78 Å². The first-order chi connectivity index (χ1) is 14.5. The molecule has 2 aromatic rings. The number of halogens is 2. The van der Waals surface area contributed by atoms with E-state index in [1.165, 1.54) is 4.90 Å². The number of hydrogen-bond donors (Lipinski definition) is 0. The van der Waals surface area contributed by atoms with Crippen LogP contribution in [0.4, 0.5) is 8.78 Å². The molecule has 0 aromatic heterocycles. The Bertz CT molecular complexity index is 989. The highest BCUT2D eigenvalue weighted by Crippen LogP contribution is 2.47. The summed E-state index contributed by atoms with van der Waals surface area (Å²) >= 11 is 0. The number of piperidine rings is 1. The number of benzene rings is 2. The Morgan fingerprint density at radius 1 is 1.03 bits per heavy atom. The zero-order chi connectivity index (χ0) is 20.9. The van der Waals surface area contributed by atoms with Crippen molar-refractivity contribution in [2.45, 2.75) is 43.6 Å². The van der Waals surface area contributed by atoms with Crippen LogP contribution in [-0.4, -0.2) is 46.5 Å². The van der Waals surface area contributed by atoms with Crippen LogP contribution >= 0.6 is 0 Å². The number of rotatable bonds is 2. The molecule has 7 heteroatoms. The standard InChI is InChI=1S/C23H22F2N2O3/c24-16-6-7-18(25)17(14-16)21(28)26-12-10-23(11-13-26)22(29)27-19(8-9-20(27)30-23)15-4-2-1-3-5-15/h1-7,14,19-20H,8-13H2/t19-,20+/m0/s1. The maximum Gasteiger partial charge on any atom is 0.257 e. The van der Waals surface area contributed by atoms with Crippen LogP contribution in [0.5, 0.6) is 0 Å². The smallest absolute Gasteiger partial charge is 0.257 e. The Balaban J connectivity index is 1.31. The van der Waals surface area contributed by atoms with Crippen LogP contribution in [-0.2, 0) is 9.53 Å². The lowest BCUT2D eigenvalue weighted by Crippen LogP contribution is -2.51. The van der Waals surface area contributed by atoms with Crippen molar-refractivity contribution < 1.29 is 23.1 Å². The summed E-state index contributed by atoms with van der Waals surface area (Å²) in [6, 6.07) is 12.8. The van der Waals surface area contributed by atoms with Gasteiger partial charge in [-0.15, -0.1) is 0 Å². The Morgan fingerprint density at radius 3 is 2.50 bits per heavy atom. The van der Waals surface area contributed by atoms with E-state index in [9.17, 15) is 18.4 Å². The predicted molar refractivity (Wildman–Crippen MR) is 104 cm³/mol. The van der Waals surface area contributed by atoms with Crippen molar-refractivity contribution in [3.05, 3.63) is 71.3 Å². The maximum absolute atomic E-state index is 14.0. The lowest BCUT2D eigenvalue weighted by Gasteiger charge is -2.37. The van der Waals surface area contributed by atoms with Crippen molar-refractivity contribution in [2.75, 3.05) is 13.1 Å². The molecule has 0 bridgehead atoms. The SMILES string of the molecule is O=C(c1cc(F)ccc1F)N1CCC2(CC1)O[C@@H]1CC[C@@H](c3ccccc3)N1C2=O. The summed E-state index contributed by atoms with van der Waals surface area (Å²) in [5.74, 6) is -1.99. The molecule has 3 aliphatic rings. The summed E-state index contributed by atoms with van der Waals surface area (Å²) in [5.41, 5.74) is -0.118. The van der Waals surface area contributed by atoms with Crippen LogP contribution in [0.3, 0.4) is 0 Å². The Morgan fingerprint density at radius 2 is 1.77 bits per heavy atom. The average molecular weight is 412 g/mol. The predicted octanol–water partition coefficient (Wildman–Crippen LogP) is 3.66. The normalized spacial score (nSPS) is 25.1. The molecule has 2 atom stereocenters. The number of carbonyl (C=O) groups is 2. The third-order valence-corrected chi connectivity index (χ3v) is 6.52. The molecule has 3 aliphatic heterocycles. The minimum Gasteiger partial charge on any atom is -0.342 e. The van der Waals surface area contributed by atoms with Crippen molar-refractivity contribution in [3.8, 4) is 0 Å². The van der Waals surface area contributed by atoms with Gasteiger partial charge in [0.2, 0.25) is 0 Å². The van der Waals surface area contributed by atoms with E-state index in [1.54, 1.807) is 0 Å². The van der Waals surface area contributed by atoms with Crippen molar-refractivity contribution in [3.63, 3.8) is 0 Å². The van der Waals surface area contributed by atoms with Crippen LogP contribution in [0, 0.1) is 11.6 Å². The van der Waals surface area contributed by atoms with Gasteiger partial charge < -0.3 is 14.5 Å². The van der Waals surface area contributed by atoms with Gasteiger partial charge in [-0.3, -0.25) is 9.59 Å². The number of fused-ring (bicyclic) bond motifs is 1. The molecular formula is C23H22F2N2O3. The molecule has 0 radical (unpaired) electrons. The highest BCUT2D eigenvalue weighted by atomic mass is 19.1. The van der Waals surface area contributed by atoms with Crippen molar-refractivity contribution in [2.24, 2.45) is 0 Å². The largest absolute Gasteiger partial charge is 0.342 e. The third kappa shape index (κ3) is 2.99. The highest BCUT2D eigenvalue weighted by Gasteiger charge is 2.58. The van der Waals surface area contributed by atoms with Crippen molar-refractivity contribution in [1.82, 2.24) is 9.80 Å². The Hall–Kier alpha value is -2.80. The molecule has 5 rings (SSSR count). The van der Waals surface area contributed by atoms with E-state index in [2.05, 4.69) is 0 Å². The third-order valence-electron chi connectivity index (χ3n) is 6.52. The fourth-order valence-corrected chi connectivity index (χ4v) is 4.95. The second-order valence-corrected chi connectivity index (χ2v) is 8.20. The molecule has 156 valence electrons. The van der Waals surface area contributed by atoms with Gasteiger partial charge in [0.15, 0.2) is 5.60 Å². The molecule has 1 spiro atoms. The monoisotopic (exact) mass is 412 g/mol. The molecule has 0 saturated carbocycles. The average Bonchev–Trinajstić information content (AvgIpc) is 3.29. The Labute approximate surface area is 173 Å². The van der Waals surface area contributed by atoms with Gasteiger partial charge in [-0.2, -0.15) is 0 Å². The molecule has 0 unspecified atom stereocenters. The lowest BCUT2D eigenvalue weighted by molar-refractivity contribution is -0.142. The summed E-state index contributed by atoms with van der Waals surface area (Å²) in [7, 11) is 0. The van der Waals surface area contributed by atoms with E-state index in [0.29, 0.717) is 12.8 Å². The first kappa shape index (κ1) is 19.2. The molecule has 5 nitrogen and oxygen atoms in total. The second kappa shape index (κ2) is 7.16. The quantitative estimate of drug-likeness (QED) is 0.757. The minimum absolute atomic E-state index is 0.00382. The zero-order valence-corrected chi connectivity index (χ0v) is 16.4. The summed E-state index contributed by atoms with van der Waals surface area (Å²) in [5, 5.41) is 0. The number of carbonyl (C=O) groups excluding carboxylic acids is 2. The summed E-state index contributed by atoms with van der Waals surface area (Å²) in [4.78, 5) is 29.4. The fourth-order valence-electron chi connectivity index (χ4n) is 4.95. The number of likely N-dealkylation sites (tertiary alicyclic amines) is 1. The van der Waals surface area contributed by atoms with E-state index in [-0.39, 0.29) is 36.8 Å². The highest BCUT2D eigenvalue weighted by molar-refractivity contribution is 5.95. The molecular weight excluding hydrogens is 390 g/mol. The van der Waals surface area contributed by atoms with Crippen LogP contribution in [0.25, 0.3) is 0 Å². The van der Waals surface area contributed by atoms with Crippen molar-refractivity contribution in [1.29, 1.82) is 0 Å². The molecule has 3 heterocycles. The first-order valence-corrected chi connectivity index (χ1v) is 10.3.